The largest absolute Gasteiger partial charge is 0.384 e. The second-order valence-electron chi connectivity index (χ2n) is 3.90. The van der Waals surface area contributed by atoms with Crippen molar-refractivity contribution in [1.29, 1.82) is 0 Å². The Labute approximate surface area is 114 Å². The number of benzene rings is 1. The fourth-order valence-corrected chi connectivity index (χ4v) is 1.71. The van der Waals surface area contributed by atoms with E-state index in [-0.39, 0.29) is 0 Å². The van der Waals surface area contributed by atoms with Gasteiger partial charge in [0.2, 0.25) is 5.82 Å². The molecule has 0 saturated heterocycles. The molecule has 6 heteroatoms. The topological polar surface area (TPSA) is 77.8 Å². The number of aromatic nitrogens is 3. The molecular weight excluding hydrogens is 264 g/mol. The number of rotatable bonds is 2. The molecule has 1 aromatic carbocycles. The van der Waals surface area contributed by atoms with E-state index >= 15 is 0 Å². The van der Waals surface area contributed by atoms with Gasteiger partial charge in [0.15, 0.2) is 0 Å². The molecule has 5 nitrogen and oxygen atoms in total. The summed E-state index contributed by atoms with van der Waals surface area (Å²) in [6, 6.07) is 10.7. The molecule has 3 rings (SSSR count). The van der Waals surface area contributed by atoms with Gasteiger partial charge >= 0.3 is 0 Å². The highest BCUT2D eigenvalue weighted by Gasteiger charge is 2.10. The van der Waals surface area contributed by atoms with Gasteiger partial charge in [0, 0.05) is 16.8 Å². The van der Waals surface area contributed by atoms with Crippen molar-refractivity contribution in [2.24, 2.45) is 0 Å². The molecule has 0 amide bonds. The summed E-state index contributed by atoms with van der Waals surface area (Å²) in [6.45, 7) is 0. The molecule has 0 unspecified atom stereocenters. The quantitative estimate of drug-likeness (QED) is 0.776. The zero-order valence-electron chi connectivity index (χ0n) is 9.75. The van der Waals surface area contributed by atoms with Crippen LogP contribution in [-0.2, 0) is 0 Å². The number of halogens is 1. The molecule has 0 aliphatic heterocycles. The summed E-state index contributed by atoms with van der Waals surface area (Å²) >= 11 is 5.83. The maximum atomic E-state index is 5.83. The van der Waals surface area contributed by atoms with E-state index in [9.17, 15) is 0 Å². The highest BCUT2D eigenvalue weighted by Crippen LogP contribution is 2.23. The highest BCUT2D eigenvalue weighted by molar-refractivity contribution is 6.30. The number of nitrogen functional groups attached to an aromatic ring is 1. The number of pyridine rings is 1. The lowest BCUT2D eigenvalue weighted by Gasteiger charge is -1.94. The van der Waals surface area contributed by atoms with Gasteiger partial charge in [-0.15, -0.1) is 0 Å². The van der Waals surface area contributed by atoms with E-state index in [0.29, 0.717) is 22.6 Å². The van der Waals surface area contributed by atoms with Gasteiger partial charge in [-0.3, -0.25) is 0 Å². The maximum Gasteiger partial charge on any atom is 0.259 e. The van der Waals surface area contributed by atoms with Crippen LogP contribution < -0.4 is 5.73 Å². The molecule has 3 aromatic rings. The molecule has 2 aromatic heterocycles. The maximum absolute atomic E-state index is 5.83. The first-order valence-electron chi connectivity index (χ1n) is 5.54. The van der Waals surface area contributed by atoms with Gasteiger partial charge < -0.3 is 10.3 Å². The van der Waals surface area contributed by atoms with E-state index in [0.717, 1.165) is 11.1 Å². The fourth-order valence-electron chi connectivity index (χ4n) is 1.59. The van der Waals surface area contributed by atoms with Crippen molar-refractivity contribution in [3.63, 3.8) is 0 Å². The predicted molar refractivity (Wildman–Crippen MR) is 72.4 cm³/mol. The van der Waals surface area contributed by atoms with Gasteiger partial charge in [-0.2, -0.15) is 4.98 Å². The standard InChI is InChI=1S/C13H9ClN4O/c14-10-4-1-8(2-5-10)12-17-13(19-18-12)9-3-6-11(15)16-7-9/h1-7H,(H2,15,16). The number of hydrogen-bond donors (Lipinski definition) is 1. The fraction of sp³-hybridized carbons (Fsp3) is 0. The van der Waals surface area contributed by atoms with Gasteiger partial charge in [0.1, 0.15) is 5.82 Å². The van der Waals surface area contributed by atoms with Crippen molar-refractivity contribution in [1.82, 2.24) is 15.1 Å². The Bertz CT molecular complexity index is 631. The van der Waals surface area contributed by atoms with Crippen LogP contribution in [0.15, 0.2) is 47.1 Å². The highest BCUT2D eigenvalue weighted by atomic mass is 35.5. The smallest absolute Gasteiger partial charge is 0.259 e. The summed E-state index contributed by atoms with van der Waals surface area (Å²) in [5, 5.41) is 4.59. The number of hydrogen-bond acceptors (Lipinski definition) is 5. The Balaban J connectivity index is 1.95. The summed E-state index contributed by atoms with van der Waals surface area (Å²) in [7, 11) is 0. The molecule has 94 valence electrons. The van der Waals surface area contributed by atoms with E-state index in [2.05, 4.69) is 15.1 Å². The average molecular weight is 273 g/mol. The molecule has 19 heavy (non-hydrogen) atoms. The van der Waals surface area contributed by atoms with Crippen molar-refractivity contribution in [3.8, 4) is 22.8 Å². The molecule has 0 atom stereocenters. The molecule has 0 spiro atoms. The summed E-state index contributed by atoms with van der Waals surface area (Å²) in [6.07, 6.45) is 1.59. The summed E-state index contributed by atoms with van der Waals surface area (Å²) in [5.74, 6) is 1.35. The van der Waals surface area contributed by atoms with Crippen LogP contribution in [0.3, 0.4) is 0 Å². The van der Waals surface area contributed by atoms with E-state index in [4.69, 9.17) is 21.9 Å². The first kappa shape index (κ1) is 11.7. The van der Waals surface area contributed by atoms with Crippen molar-refractivity contribution in [2.45, 2.75) is 0 Å². The van der Waals surface area contributed by atoms with Crippen LogP contribution in [-0.4, -0.2) is 15.1 Å². The van der Waals surface area contributed by atoms with E-state index in [1.165, 1.54) is 0 Å². The van der Waals surface area contributed by atoms with Crippen LogP contribution in [0.1, 0.15) is 0 Å². The molecule has 0 aliphatic rings. The summed E-state index contributed by atoms with van der Waals surface area (Å²) in [5.41, 5.74) is 7.08. The first-order chi connectivity index (χ1) is 9.22. The van der Waals surface area contributed by atoms with Crippen molar-refractivity contribution < 1.29 is 4.52 Å². The minimum Gasteiger partial charge on any atom is -0.384 e. The third-order valence-electron chi connectivity index (χ3n) is 2.56. The van der Waals surface area contributed by atoms with Crippen molar-refractivity contribution in [3.05, 3.63) is 47.6 Å². The predicted octanol–water partition coefficient (Wildman–Crippen LogP) is 3.03. The first-order valence-corrected chi connectivity index (χ1v) is 5.92. The third-order valence-corrected chi connectivity index (χ3v) is 2.81. The van der Waals surface area contributed by atoms with Crippen LogP contribution in [0.2, 0.25) is 5.02 Å². The molecule has 0 saturated carbocycles. The van der Waals surface area contributed by atoms with Gasteiger partial charge in [-0.05, 0) is 36.4 Å². The molecular formula is C13H9ClN4O. The Kier molecular flexibility index (Phi) is 2.89. The monoisotopic (exact) mass is 272 g/mol. The number of nitrogens with zero attached hydrogens (tertiary/aromatic N) is 3. The Morgan fingerprint density at radius 3 is 2.42 bits per heavy atom. The number of nitrogens with two attached hydrogens (primary N) is 1. The molecule has 0 fully saturated rings. The second-order valence-corrected chi connectivity index (χ2v) is 4.34. The van der Waals surface area contributed by atoms with E-state index in [1.807, 2.05) is 12.1 Å². The third kappa shape index (κ3) is 2.41. The van der Waals surface area contributed by atoms with Gasteiger partial charge in [-0.25, -0.2) is 4.98 Å². The minimum atomic E-state index is 0.400. The van der Waals surface area contributed by atoms with Crippen LogP contribution in [0, 0.1) is 0 Å². The molecule has 0 radical (unpaired) electrons. The zero-order chi connectivity index (χ0) is 13.2. The van der Waals surface area contributed by atoms with Crippen LogP contribution in [0.4, 0.5) is 5.82 Å². The molecule has 0 aliphatic carbocycles. The summed E-state index contributed by atoms with van der Waals surface area (Å²) in [4.78, 5) is 8.29. The lowest BCUT2D eigenvalue weighted by atomic mass is 10.2. The van der Waals surface area contributed by atoms with Crippen LogP contribution >= 0.6 is 11.6 Å². The number of anilines is 1. The minimum absolute atomic E-state index is 0.400. The van der Waals surface area contributed by atoms with Crippen molar-refractivity contribution in [2.75, 3.05) is 5.73 Å². The van der Waals surface area contributed by atoms with Gasteiger partial charge in [0.05, 0.1) is 5.56 Å². The average Bonchev–Trinajstić information content (AvgIpc) is 2.90. The lowest BCUT2D eigenvalue weighted by Crippen LogP contribution is -1.89. The molecule has 2 heterocycles. The molecule has 0 bridgehead atoms. The Morgan fingerprint density at radius 2 is 1.74 bits per heavy atom. The molecule has 2 N–H and O–H groups in total. The SMILES string of the molecule is Nc1ccc(-c2nc(-c3ccc(Cl)cc3)no2)cn1. The van der Waals surface area contributed by atoms with Gasteiger partial charge in [0.25, 0.3) is 5.89 Å². The zero-order valence-corrected chi connectivity index (χ0v) is 10.5. The van der Waals surface area contributed by atoms with Crippen molar-refractivity contribution >= 4 is 17.4 Å². The lowest BCUT2D eigenvalue weighted by molar-refractivity contribution is 0.432. The Morgan fingerprint density at radius 1 is 1.00 bits per heavy atom. The van der Waals surface area contributed by atoms with Gasteiger partial charge in [-0.1, -0.05) is 16.8 Å². The second kappa shape index (κ2) is 4.70. The van der Waals surface area contributed by atoms with E-state index < -0.39 is 0 Å². The van der Waals surface area contributed by atoms with Crippen LogP contribution in [0.5, 0.6) is 0 Å². The Hall–Kier alpha value is -2.40. The summed E-state index contributed by atoms with van der Waals surface area (Å²) < 4.78 is 5.20. The normalized spacial score (nSPS) is 10.6. The van der Waals surface area contributed by atoms with Crippen LogP contribution in [0.25, 0.3) is 22.8 Å². The van der Waals surface area contributed by atoms with E-state index in [1.54, 1.807) is 30.5 Å².